The van der Waals surface area contributed by atoms with Crippen LogP contribution in [0.2, 0.25) is 0 Å². The highest BCUT2D eigenvalue weighted by Gasteiger charge is 2.25. The van der Waals surface area contributed by atoms with Crippen molar-refractivity contribution in [3.05, 3.63) is 20.8 Å². The van der Waals surface area contributed by atoms with Gasteiger partial charge in [-0.2, -0.15) is 0 Å². The van der Waals surface area contributed by atoms with E-state index < -0.39 is 0 Å². The zero-order chi connectivity index (χ0) is 13.0. The van der Waals surface area contributed by atoms with Crippen LogP contribution in [0.15, 0.2) is 15.9 Å². The molecule has 0 radical (unpaired) electrons. The minimum atomic E-state index is 0.601. The third kappa shape index (κ3) is 4.36. The van der Waals surface area contributed by atoms with Crippen LogP contribution in [0.5, 0.6) is 0 Å². The Morgan fingerprint density at radius 1 is 1.33 bits per heavy atom. The van der Waals surface area contributed by atoms with Crippen molar-refractivity contribution in [2.75, 3.05) is 6.54 Å². The van der Waals surface area contributed by atoms with Crippen LogP contribution in [0.25, 0.3) is 0 Å². The summed E-state index contributed by atoms with van der Waals surface area (Å²) < 4.78 is 1.26. The van der Waals surface area contributed by atoms with Gasteiger partial charge in [-0.3, -0.25) is 0 Å². The zero-order valence-electron chi connectivity index (χ0n) is 11.4. The Morgan fingerprint density at radius 3 is 2.61 bits per heavy atom. The second-order valence-electron chi connectivity index (χ2n) is 5.78. The summed E-state index contributed by atoms with van der Waals surface area (Å²) in [5, 5.41) is 3.64. The SMILES string of the molecule is CC(C)NCC(Cc1ccc(Br)s1)C1CCCC1. The van der Waals surface area contributed by atoms with Gasteiger partial charge in [-0.15, -0.1) is 11.3 Å². The highest BCUT2D eigenvalue weighted by Crippen LogP contribution is 2.34. The summed E-state index contributed by atoms with van der Waals surface area (Å²) in [4.78, 5) is 1.53. The van der Waals surface area contributed by atoms with Crippen LogP contribution in [0.4, 0.5) is 0 Å². The molecular weight excluding hydrogens is 306 g/mol. The van der Waals surface area contributed by atoms with E-state index in [1.807, 2.05) is 11.3 Å². The average molecular weight is 330 g/mol. The Morgan fingerprint density at radius 2 is 2.06 bits per heavy atom. The lowest BCUT2D eigenvalue weighted by Crippen LogP contribution is -2.33. The van der Waals surface area contributed by atoms with Crippen LogP contribution in [0, 0.1) is 11.8 Å². The number of hydrogen-bond donors (Lipinski definition) is 1. The first-order valence-electron chi connectivity index (χ1n) is 7.12. The molecule has 1 aromatic heterocycles. The van der Waals surface area contributed by atoms with Crippen molar-refractivity contribution in [3.63, 3.8) is 0 Å². The highest BCUT2D eigenvalue weighted by molar-refractivity contribution is 9.11. The summed E-state index contributed by atoms with van der Waals surface area (Å²) in [6.45, 7) is 5.67. The number of halogens is 1. The van der Waals surface area contributed by atoms with E-state index in [9.17, 15) is 0 Å². The molecule has 0 aliphatic heterocycles. The van der Waals surface area contributed by atoms with E-state index in [1.54, 1.807) is 0 Å². The Hall–Kier alpha value is 0.140. The first-order chi connectivity index (χ1) is 8.65. The number of rotatable bonds is 6. The molecule has 18 heavy (non-hydrogen) atoms. The molecule has 1 heterocycles. The molecule has 3 heteroatoms. The maximum atomic E-state index is 3.64. The predicted molar refractivity (Wildman–Crippen MR) is 84.3 cm³/mol. The van der Waals surface area contributed by atoms with E-state index in [4.69, 9.17) is 0 Å². The summed E-state index contributed by atoms with van der Waals surface area (Å²) in [7, 11) is 0. The normalized spacial score (nSPS) is 18.7. The fourth-order valence-electron chi connectivity index (χ4n) is 2.94. The van der Waals surface area contributed by atoms with E-state index in [1.165, 1.54) is 47.3 Å². The maximum absolute atomic E-state index is 3.64. The van der Waals surface area contributed by atoms with Crippen molar-refractivity contribution in [1.82, 2.24) is 5.32 Å². The number of thiophene rings is 1. The molecule has 1 saturated carbocycles. The topological polar surface area (TPSA) is 12.0 Å². The van der Waals surface area contributed by atoms with Crippen LogP contribution in [-0.2, 0) is 6.42 Å². The zero-order valence-corrected chi connectivity index (χ0v) is 13.8. The molecule has 0 spiro atoms. The van der Waals surface area contributed by atoms with Gasteiger partial charge in [0.1, 0.15) is 0 Å². The van der Waals surface area contributed by atoms with Gasteiger partial charge in [0, 0.05) is 10.9 Å². The van der Waals surface area contributed by atoms with Crippen LogP contribution < -0.4 is 5.32 Å². The molecule has 0 amide bonds. The largest absolute Gasteiger partial charge is 0.314 e. The van der Waals surface area contributed by atoms with E-state index in [0.29, 0.717) is 6.04 Å². The summed E-state index contributed by atoms with van der Waals surface area (Å²) in [5.74, 6) is 1.76. The van der Waals surface area contributed by atoms with Crippen molar-refractivity contribution in [1.29, 1.82) is 0 Å². The summed E-state index contributed by atoms with van der Waals surface area (Å²) in [6, 6.07) is 5.07. The molecule has 1 fully saturated rings. The minimum absolute atomic E-state index is 0.601. The molecule has 1 atom stereocenters. The molecular formula is C15H24BrNS. The molecule has 0 bridgehead atoms. The third-order valence-corrected chi connectivity index (χ3v) is 5.59. The van der Waals surface area contributed by atoms with E-state index in [-0.39, 0.29) is 0 Å². The fraction of sp³-hybridized carbons (Fsp3) is 0.733. The molecule has 1 N–H and O–H groups in total. The molecule has 1 aliphatic rings. The molecule has 0 aromatic carbocycles. The van der Waals surface area contributed by atoms with E-state index in [2.05, 4.69) is 47.2 Å². The molecule has 0 saturated heterocycles. The van der Waals surface area contributed by atoms with Gasteiger partial charge in [-0.25, -0.2) is 0 Å². The van der Waals surface area contributed by atoms with Gasteiger partial charge in [0.05, 0.1) is 3.79 Å². The average Bonchev–Trinajstić information content (AvgIpc) is 2.95. The van der Waals surface area contributed by atoms with Gasteiger partial charge in [-0.05, 0) is 52.9 Å². The lowest BCUT2D eigenvalue weighted by molar-refractivity contribution is 0.314. The Bertz CT molecular complexity index is 355. The number of nitrogens with one attached hydrogen (secondary N) is 1. The smallest absolute Gasteiger partial charge is 0.0701 e. The van der Waals surface area contributed by atoms with Gasteiger partial charge < -0.3 is 5.32 Å². The quantitative estimate of drug-likeness (QED) is 0.786. The van der Waals surface area contributed by atoms with Crippen LogP contribution >= 0.6 is 27.3 Å². The standard InChI is InChI=1S/C15H24BrNS/c1-11(2)17-10-13(12-5-3-4-6-12)9-14-7-8-15(16)18-14/h7-8,11-13,17H,3-6,9-10H2,1-2H3. The molecule has 2 rings (SSSR count). The van der Waals surface area contributed by atoms with Gasteiger partial charge in [0.25, 0.3) is 0 Å². The molecule has 1 unspecified atom stereocenters. The highest BCUT2D eigenvalue weighted by atomic mass is 79.9. The minimum Gasteiger partial charge on any atom is -0.314 e. The van der Waals surface area contributed by atoms with E-state index in [0.717, 1.165) is 11.8 Å². The van der Waals surface area contributed by atoms with Crippen LogP contribution in [-0.4, -0.2) is 12.6 Å². The summed E-state index contributed by atoms with van der Waals surface area (Å²) in [6.07, 6.45) is 7.02. The Balaban J connectivity index is 1.94. The van der Waals surface area contributed by atoms with Gasteiger partial charge in [-0.1, -0.05) is 39.5 Å². The van der Waals surface area contributed by atoms with Crippen molar-refractivity contribution in [3.8, 4) is 0 Å². The van der Waals surface area contributed by atoms with Gasteiger partial charge in [0.2, 0.25) is 0 Å². The summed E-state index contributed by atoms with van der Waals surface area (Å²) >= 11 is 5.47. The first kappa shape index (κ1) is 14.5. The predicted octanol–water partition coefficient (Wildman–Crippen LogP) is 4.86. The monoisotopic (exact) mass is 329 g/mol. The molecule has 1 aliphatic carbocycles. The van der Waals surface area contributed by atoms with Crippen LogP contribution in [0.3, 0.4) is 0 Å². The molecule has 1 nitrogen and oxygen atoms in total. The lowest BCUT2D eigenvalue weighted by atomic mass is 9.87. The maximum Gasteiger partial charge on any atom is 0.0701 e. The molecule has 102 valence electrons. The lowest BCUT2D eigenvalue weighted by Gasteiger charge is -2.24. The number of hydrogen-bond acceptors (Lipinski definition) is 2. The first-order valence-corrected chi connectivity index (χ1v) is 8.73. The molecule has 1 aromatic rings. The van der Waals surface area contributed by atoms with Crippen molar-refractivity contribution >= 4 is 27.3 Å². The second-order valence-corrected chi connectivity index (χ2v) is 8.33. The Labute approximate surface area is 123 Å². The fourth-order valence-corrected chi connectivity index (χ4v) is 4.52. The summed E-state index contributed by atoms with van der Waals surface area (Å²) in [5.41, 5.74) is 0. The van der Waals surface area contributed by atoms with Gasteiger partial charge in [0.15, 0.2) is 0 Å². The third-order valence-electron chi connectivity index (χ3n) is 3.95. The van der Waals surface area contributed by atoms with Crippen molar-refractivity contribution < 1.29 is 0 Å². The van der Waals surface area contributed by atoms with Crippen molar-refractivity contribution in [2.24, 2.45) is 11.8 Å². The Kier molecular flexibility index (Phi) is 5.71. The van der Waals surface area contributed by atoms with Gasteiger partial charge >= 0.3 is 0 Å². The second kappa shape index (κ2) is 7.06. The van der Waals surface area contributed by atoms with Crippen LogP contribution in [0.1, 0.15) is 44.4 Å². The van der Waals surface area contributed by atoms with E-state index >= 15 is 0 Å². The van der Waals surface area contributed by atoms with Crippen molar-refractivity contribution in [2.45, 2.75) is 52.0 Å².